The van der Waals surface area contributed by atoms with Gasteiger partial charge in [0.15, 0.2) is 0 Å². The molecule has 1 unspecified atom stereocenters. The van der Waals surface area contributed by atoms with Crippen LogP contribution in [0, 0.1) is 5.92 Å². The number of aromatic nitrogens is 1. The number of carbonyl (C=O) groups excluding carboxylic acids is 1. The summed E-state index contributed by atoms with van der Waals surface area (Å²) in [5, 5.41) is 9.26. The first-order valence-corrected chi connectivity index (χ1v) is 6.63. The Morgan fingerprint density at radius 1 is 1.25 bits per heavy atom. The number of carboxylic acids is 1. The summed E-state index contributed by atoms with van der Waals surface area (Å²) in [6.45, 7) is 2.74. The average Bonchev–Trinajstić information content (AvgIpc) is 2.43. The van der Waals surface area contributed by atoms with Crippen molar-refractivity contribution in [1.29, 1.82) is 0 Å². The van der Waals surface area contributed by atoms with Crippen molar-refractivity contribution < 1.29 is 41.4 Å². The maximum atomic E-state index is 13.2. The van der Waals surface area contributed by atoms with Gasteiger partial charge in [-0.3, -0.25) is 4.79 Å². The normalized spacial score (nSPS) is 13.2. The first kappa shape index (κ1) is 19.8. The predicted molar refractivity (Wildman–Crippen MR) is 70.8 cm³/mol. The second kappa shape index (κ2) is 7.10. The van der Waals surface area contributed by atoms with Gasteiger partial charge in [-0.1, -0.05) is 13.8 Å². The van der Waals surface area contributed by atoms with Crippen LogP contribution in [0.1, 0.15) is 53.5 Å². The van der Waals surface area contributed by atoms with Gasteiger partial charge < -0.3 is 9.84 Å². The van der Waals surface area contributed by atoms with E-state index in [2.05, 4.69) is 9.72 Å². The van der Waals surface area contributed by atoms with Crippen molar-refractivity contribution in [2.24, 2.45) is 5.92 Å². The monoisotopic (exact) mass is 355 g/mol. The highest BCUT2D eigenvalue weighted by atomic mass is 19.4. The molecular formula is C14H14F5NO4. The lowest BCUT2D eigenvalue weighted by atomic mass is 9.84. The molecule has 0 aromatic carbocycles. The van der Waals surface area contributed by atoms with Crippen molar-refractivity contribution in [2.75, 3.05) is 7.11 Å². The predicted octanol–water partition coefficient (Wildman–Crippen LogP) is 3.65. The van der Waals surface area contributed by atoms with E-state index in [1.54, 1.807) is 0 Å². The molecule has 0 aliphatic rings. The first-order chi connectivity index (χ1) is 10.9. The Hall–Kier alpha value is -2.26. The highest BCUT2D eigenvalue weighted by Gasteiger charge is 2.39. The molecule has 0 radical (unpaired) electrons. The average molecular weight is 355 g/mol. The van der Waals surface area contributed by atoms with Crippen molar-refractivity contribution in [3.63, 3.8) is 0 Å². The molecule has 0 saturated heterocycles. The van der Waals surface area contributed by atoms with Gasteiger partial charge in [-0.25, -0.2) is 18.6 Å². The standard InChI is InChI=1S/C14H14F5NO4/c1-5(2)8(12(21)22)6-4-7(14(17,18)19)20-10(11(15)16)9(6)13(23)24-3/h4-5,8,11H,1-3H3,(H,21,22). The fourth-order valence-electron chi connectivity index (χ4n) is 2.24. The first-order valence-electron chi connectivity index (χ1n) is 6.63. The molecule has 0 saturated carbocycles. The van der Waals surface area contributed by atoms with Crippen LogP contribution in [0.15, 0.2) is 6.07 Å². The van der Waals surface area contributed by atoms with E-state index in [1.165, 1.54) is 13.8 Å². The van der Waals surface area contributed by atoms with E-state index in [0.29, 0.717) is 6.07 Å². The van der Waals surface area contributed by atoms with Crippen LogP contribution in [0.3, 0.4) is 0 Å². The van der Waals surface area contributed by atoms with E-state index < -0.39 is 58.9 Å². The number of alkyl halides is 5. The Kier molecular flexibility index (Phi) is 5.85. The summed E-state index contributed by atoms with van der Waals surface area (Å²) in [5.74, 6) is -5.34. The quantitative estimate of drug-likeness (QED) is 0.644. The molecule has 0 amide bonds. The maximum absolute atomic E-state index is 13.2. The van der Waals surface area contributed by atoms with Gasteiger partial charge in [0.2, 0.25) is 0 Å². The van der Waals surface area contributed by atoms with Gasteiger partial charge >= 0.3 is 18.1 Å². The van der Waals surface area contributed by atoms with Gasteiger partial charge in [-0.2, -0.15) is 13.2 Å². The minimum Gasteiger partial charge on any atom is -0.481 e. The number of hydrogen-bond donors (Lipinski definition) is 1. The SMILES string of the molecule is COC(=O)c1c(C(C(=O)O)C(C)C)cc(C(F)(F)F)nc1C(F)F. The Balaban J connectivity index is 3.89. The van der Waals surface area contributed by atoms with Gasteiger partial charge in [0.05, 0.1) is 18.6 Å². The molecule has 24 heavy (non-hydrogen) atoms. The fourth-order valence-corrected chi connectivity index (χ4v) is 2.24. The number of carboxylic acid groups (broad SMARTS) is 1. The zero-order valence-electron chi connectivity index (χ0n) is 12.8. The number of methoxy groups -OCH3 is 1. The molecule has 0 spiro atoms. The lowest BCUT2D eigenvalue weighted by Crippen LogP contribution is -2.25. The third-order valence-electron chi connectivity index (χ3n) is 3.23. The summed E-state index contributed by atoms with van der Waals surface area (Å²) in [4.78, 5) is 26.0. The van der Waals surface area contributed by atoms with E-state index in [9.17, 15) is 36.6 Å². The number of hydrogen-bond acceptors (Lipinski definition) is 4. The number of esters is 1. The van der Waals surface area contributed by atoms with Crippen LogP contribution < -0.4 is 0 Å². The van der Waals surface area contributed by atoms with Crippen molar-refractivity contribution in [3.8, 4) is 0 Å². The van der Waals surface area contributed by atoms with Crippen LogP contribution in [-0.2, 0) is 15.7 Å². The smallest absolute Gasteiger partial charge is 0.433 e. The molecule has 1 aromatic rings. The number of rotatable bonds is 5. The Morgan fingerprint density at radius 3 is 2.12 bits per heavy atom. The zero-order chi connectivity index (χ0) is 18.8. The number of ether oxygens (including phenoxy) is 1. The molecule has 1 rings (SSSR count). The van der Waals surface area contributed by atoms with Crippen LogP contribution in [0.4, 0.5) is 22.0 Å². The lowest BCUT2D eigenvalue weighted by molar-refractivity contribution is -0.143. The minimum absolute atomic E-state index is 0.302. The second-order valence-corrected chi connectivity index (χ2v) is 5.21. The zero-order valence-corrected chi connectivity index (χ0v) is 12.8. The summed E-state index contributed by atoms with van der Waals surface area (Å²) in [5.41, 5.74) is -4.82. The number of halogens is 5. The molecule has 0 aliphatic carbocycles. The van der Waals surface area contributed by atoms with Crippen molar-refractivity contribution >= 4 is 11.9 Å². The van der Waals surface area contributed by atoms with Gasteiger partial charge in [0.25, 0.3) is 6.43 Å². The van der Waals surface area contributed by atoms with Crippen molar-refractivity contribution in [1.82, 2.24) is 4.98 Å². The molecule has 10 heteroatoms. The summed E-state index contributed by atoms with van der Waals surface area (Å²) in [6.07, 6.45) is -8.62. The van der Waals surface area contributed by atoms with Gasteiger partial charge in [-0.05, 0) is 17.5 Å². The Morgan fingerprint density at radius 2 is 1.79 bits per heavy atom. The Bertz CT molecular complexity index is 643. The summed E-state index contributed by atoms with van der Waals surface area (Å²) in [6, 6.07) is 0.302. The van der Waals surface area contributed by atoms with Gasteiger partial charge in [-0.15, -0.1) is 0 Å². The molecule has 1 heterocycles. The molecule has 1 aromatic heterocycles. The second-order valence-electron chi connectivity index (χ2n) is 5.21. The maximum Gasteiger partial charge on any atom is 0.433 e. The third-order valence-corrected chi connectivity index (χ3v) is 3.23. The third kappa shape index (κ3) is 3.98. The molecular weight excluding hydrogens is 341 g/mol. The Labute approximate surface area is 133 Å². The van der Waals surface area contributed by atoms with E-state index >= 15 is 0 Å². The largest absolute Gasteiger partial charge is 0.481 e. The number of nitrogens with zero attached hydrogens (tertiary/aromatic N) is 1. The molecule has 134 valence electrons. The van der Waals surface area contributed by atoms with Crippen molar-refractivity contribution in [3.05, 3.63) is 28.6 Å². The van der Waals surface area contributed by atoms with Crippen LogP contribution >= 0.6 is 0 Å². The molecule has 0 aliphatic heterocycles. The molecule has 0 bridgehead atoms. The number of carbonyl (C=O) groups is 2. The van der Waals surface area contributed by atoms with Gasteiger partial charge in [0.1, 0.15) is 11.4 Å². The van der Waals surface area contributed by atoms with Crippen molar-refractivity contribution in [2.45, 2.75) is 32.4 Å². The van der Waals surface area contributed by atoms with E-state index in [-0.39, 0.29) is 0 Å². The summed E-state index contributed by atoms with van der Waals surface area (Å²) in [7, 11) is 0.837. The lowest BCUT2D eigenvalue weighted by Gasteiger charge is -2.22. The number of pyridine rings is 1. The minimum atomic E-state index is -5.09. The molecule has 1 N–H and O–H groups in total. The van der Waals surface area contributed by atoms with E-state index in [1.807, 2.05) is 0 Å². The fraction of sp³-hybridized carbons (Fsp3) is 0.500. The molecule has 1 atom stereocenters. The molecule has 5 nitrogen and oxygen atoms in total. The summed E-state index contributed by atoms with van der Waals surface area (Å²) >= 11 is 0. The van der Waals surface area contributed by atoms with Crippen LogP contribution in [0.5, 0.6) is 0 Å². The highest BCUT2D eigenvalue weighted by Crippen LogP contribution is 2.37. The van der Waals surface area contributed by atoms with Crippen LogP contribution in [-0.4, -0.2) is 29.1 Å². The van der Waals surface area contributed by atoms with Crippen LogP contribution in [0.25, 0.3) is 0 Å². The topological polar surface area (TPSA) is 76.5 Å². The molecule has 0 fully saturated rings. The highest BCUT2D eigenvalue weighted by molar-refractivity contribution is 5.94. The number of aliphatic carboxylic acids is 1. The van der Waals surface area contributed by atoms with E-state index in [0.717, 1.165) is 7.11 Å². The van der Waals surface area contributed by atoms with Gasteiger partial charge in [0, 0.05) is 0 Å². The van der Waals surface area contributed by atoms with E-state index in [4.69, 9.17) is 0 Å². The summed E-state index contributed by atoms with van der Waals surface area (Å²) < 4.78 is 69.4. The van der Waals surface area contributed by atoms with Crippen LogP contribution in [0.2, 0.25) is 0 Å².